The fraction of sp³-hybridized carbons (Fsp3) is 0.500. The maximum Gasteiger partial charge on any atom is 0.326 e. The van der Waals surface area contributed by atoms with Crippen LogP contribution in [-0.4, -0.2) is 37.8 Å². The molecule has 7 nitrogen and oxygen atoms in total. The second-order valence-corrected chi connectivity index (χ2v) is 7.73. The van der Waals surface area contributed by atoms with E-state index >= 15 is 0 Å². The molecule has 0 radical (unpaired) electrons. The fourth-order valence-electron chi connectivity index (χ4n) is 3.05. The molecule has 3 atom stereocenters. The summed E-state index contributed by atoms with van der Waals surface area (Å²) in [6.45, 7) is 0. The molecule has 0 saturated heterocycles. The van der Waals surface area contributed by atoms with Crippen LogP contribution in [0.15, 0.2) is 30.3 Å². The van der Waals surface area contributed by atoms with Crippen molar-refractivity contribution in [3.8, 4) is 0 Å². The molecule has 0 spiro atoms. The fourth-order valence-corrected chi connectivity index (χ4v) is 4.94. The third-order valence-electron chi connectivity index (χ3n) is 4.27. The molecule has 8 heteroatoms. The molecule has 2 rings (SSSR count). The van der Waals surface area contributed by atoms with Crippen LogP contribution in [0.4, 0.5) is 0 Å². The van der Waals surface area contributed by atoms with Gasteiger partial charge in [0.15, 0.2) is 0 Å². The van der Waals surface area contributed by atoms with Gasteiger partial charge in [-0.05, 0) is 18.4 Å². The van der Waals surface area contributed by atoms with Crippen LogP contribution < -0.4 is 4.72 Å². The Labute approximate surface area is 141 Å². The van der Waals surface area contributed by atoms with Crippen molar-refractivity contribution < 1.29 is 27.9 Å². The molecule has 0 heterocycles. The van der Waals surface area contributed by atoms with Crippen LogP contribution in [0.25, 0.3) is 0 Å². The number of hydrogen-bond donors (Lipinski definition) is 2. The number of carboxylic acids is 1. The Morgan fingerprint density at radius 1 is 1.21 bits per heavy atom. The summed E-state index contributed by atoms with van der Waals surface area (Å²) in [6.07, 6.45) is 2.13. The first kappa shape index (κ1) is 18.4. The van der Waals surface area contributed by atoms with E-state index in [-0.39, 0.29) is 0 Å². The Hall–Kier alpha value is -1.93. The molecule has 0 aliphatic heterocycles. The number of esters is 1. The molecule has 24 heavy (non-hydrogen) atoms. The van der Waals surface area contributed by atoms with Crippen molar-refractivity contribution in [2.45, 2.75) is 37.0 Å². The topological polar surface area (TPSA) is 110 Å². The summed E-state index contributed by atoms with van der Waals surface area (Å²) in [6, 6.07) is 6.68. The number of benzene rings is 1. The van der Waals surface area contributed by atoms with E-state index in [0.29, 0.717) is 24.8 Å². The standard InChI is InChI=1S/C16H21NO6S/c1-23-16(20)12-9-5-6-10-13(12)24(21,22)17-14(15(18)19)11-7-3-2-4-8-11/h2-4,7-8,12-14,17H,5-6,9-10H2,1H3,(H,18,19)/t12?,13?,14-/m0/s1. The lowest BCUT2D eigenvalue weighted by Gasteiger charge is -2.30. The third-order valence-corrected chi connectivity index (χ3v) is 6.19. The Kier molecular flexibility index (Phi) is 5.95. The maximum atomic E-state index is 12.7. The van der Waals surface area contributed by atoms with Crippen molar-refractivity contribution >= 4 is 22.0 Å². The predicted octanol–water partition coefficient (Wildman–Crippen LogP) is 1.46. The lowest BCUT2D eigenvalue weighted by Crippen LogP contribution is -2.46. The number of methoxy groups -OCH3 is 1. The van der Waals surface area contributed by atoms with Crippen LogP contribution in [0.1, 0.15) is 37.3 Å². The van der Waals surface area contributed by atoms with Crippen LogP contribution >= 0.6 is 0 Å². The molecule has 1 aliphatic carbocycles. The van der Waals surface area contributed by atoms with Crippen LogP contribution in [-0.2, 0) is 24.3 Å². The first-order chi connectivity index (χ1) is 11.4. The third kappa shape index (κ3) is 4.12. The average molecular weight is 355 g/mol. The van der Waals surface area contributed by atoms with E-state index in [2.05, 4.69) is 4.72 Å². The molecule has 132 valence electrons. The van der Waals surface area contributed by atoms with Gasteiger partial charge in [0, 0.05) is 0 Å². The molecule has 1 saturated carbocycles. The highest BCUT2D eigenvalue weighted by Crippen LogP contribution is 2.31. The summed E-state index contributed by atoms with van der Waals surface area (Å²) < 4.78 is 32.4. The van der Waals surface area contributed by atoms with Gasteiger partial charge in [0.1, 0.15) is 6.04 Å². The number of hydrogen-bond acceptors (Lipinski definition) is 5. The molecule has 1 fully saturated rings. The Morgan fingerprint density at radius 2 is 1.83 bits per heavy atom. The minimum atomic E-state index is -4.01. The van der Waals surface area contributed by atoms with Gasteiger partial charge in [0.25, 0.3) is 0 Å². The summed E-state index contributed by atoms with van der Waals surface area (Å²) in [5.74, 6) is -2.64. The number of sulfonamides is 1. The molecule has 0 amide bonds. The SMILES string of the molecule is COC(=O)C1CCCCC1S(=O)(=O)N[C@H](C(=O)O)c1ccccc1. The van der Waals surface area contributed by atoms with E-state index < -0.39 is 39.2 Å². The van der Waals surface area contributed by atoms with Crippen LogP contribution in [0.2, 0.25) is 0 Å². The van der Waals surface area contributed by atoms with Crippen LogP contribution in [0.5, 0.6) is 0 Å². The Morgan fingerprint density at radius 3 is 2.42 bits per heavy atom. The molecule has 1 aromatic rings. The first-order valence-corrected chi connectivity index (χ1v) is 9.28. The lowest BCUT2D eigenvalue weighted by atomic mass is 9.89. The zero-order valence-corrected chi connectivity index (χ0v) is 14.2. The van der Waals surface area contributed by atoms with E-state index in [4.69, 9.17) is 4.74 Å². The van der Waals surface area contributed by atoms with E-state index in [1.54, 1.807) is 30.3 Å². The predicted molar refractivity (Wildman–Crippen MR) is 86.6 cm³/mol. The molecule has 2 N–H and O–H groups in total. The van der Waals surface area contributed by atoms with E-state index in [1.807, 2.05) is 0 Å². The van der Waals surface area contributed by atoms with Gasteiger partial charge in [-0.25, -0.2) is 8.42 Å². The number of ether oxygens (including phenoxy) is 1. The van der Waals surface area contributed by atoms with Gasteiger partial charge in [-0.3, -0.25) is 9.59 Å². The van der Waals surface area contributed by atoms with Gasteiger partial charge in [-0.15, -0.1) is 0 Å². The first-order valence-electron chi connectivity index (χ1n) is 7.73. The quantitative estimate of drug-likeness (QED) is 0.748. The summed E-state index contributed by atoms with van der Waals surface area (Å²) in [4.78, 5) is 23.4. The van der Waals surface area contributed by atoms with Crippen molar-refractivity contribution in [3.63, 3.8) is 0 Å². The highest BCUT2D eigenvalue weighted by Gasteiger charge is 2.42. The number of carboxylic acid groups (broad SMARTS) is 1. The molecule has 2 unspecified atom stereocenters. The van der Waals surface area contributed by atoms with Crippen molar-refractivity contribution in [2.75, 3.05) is 7.11 Å². The van der Waals surface area contributed by atoms with Gasteiger partial charge in [-0.2, -0.15) is 4.72 Å². The summed E-state index contributed by atoms with van der Waals surface area (Å²) in [7, 11) is -2.79. The second-order valence-electron chi connectivity index (χ2n) is 5.80. The Balaban J connectivity index is 2.27. The Bertz CT molecular complexity index is 688. The minimum absolute atomic E-state index is 0.302. The average Bonchev–Trinajstić information content (AvgIpc) is 2.59. The highest BCUT2D eigenvalue weighted by atomic mass is 32.2. The monoisotopic (exact) mass is 355 g/mol. The van der Waals surface area contributed by atoms with E-state index in [0.717, 1.165) is 6.42 Å². The van der Waals surface area contributed by atoms with Gasteiger partial charge in [0.2, 0.25) is 10.0 Å². The highest BCUT2D eigenvalue weighted by molar-refractivity contribution is 7.90. The van der Waals surface area contributed by atoms with E-state index in [9.17, 15) is 23.1 Å². The van der Waals surface area contributed by atoms with Crippen molar-refractivity contribution in [3.05, 3.63) is 35.9 Å². The normalized spacial score (nSPS) is 22.5. The zero-order chi connectivity index (χ0) is 17.7. The van der Waals surface area contributed by atoms with Crippen molar-refractivity contribution in [1.29, 1.82) is 0 Å². The lowest BCUT2D eigenvalue weighted by molar-refractivity contribution is -0.146. The number of nitrogens with one attached hydrogen (secondary N) is 1. The summed E-state index contributed by atoms with van der Waals surface area (Å²) >= 11 is 0. The zero-order valence-electron chi connectivity index (χ0n) is 13.3. The maximum absolute atomic E-state index is 12.7. The largest absolute Gasteiger partial charge is 0.480 e. The number of rotatable bonds is 6. The van der Waals surface area contributed by atoms with Crippen LogP contribution in [0, 0.1) is 5.92 Å². The molecule has 0 bridgehead atoms. The molecular weight excluding hydrogens is 334 g/mol. The number of carbonyl (C=O) groups excluding carboxylic acids is 1. The van der Waals surface area contributed by atoms with E-state index in [1.165, 1.54) is 7.11 Å². The minimum Gasteiger partial charge on any atom is -0.480 e. The second kappa shape index (κ2) is 7.76. The van der Waals surface area contributed by atoms with Gasteiger partial charge in [-0.1, -0.05) is 43.2 Å². The van der Waals surface area contributed by atoms with Gasteiger partial charge >= 0.3 is 11.9 Å². The molecule has 1 aromatic carbocycles. The van der Waals surface area contributed by atoms with Crippen molar-refractivity contribution in [1.82, 2.24) is 4.72 Å². The number of aliphatic carboxylic acids is 1. The smallest absolute Gasteiger partial charge is 0.326 e. The van der Waals surface area contributed by atoms with Gasteiger partial charge in [0.05, 0.1) is 18.3 Å². The molecule has 1 aliphatic rings. The van der Waals surface area contributed by atoms with Gasteiger partial charge < -0.3 is 9.84 Å². The number of carbonyl (C=O) groups is 2. The summed E-state index contributed by atoms with van der Waals surface area (Å²) in [5.41, 5.74) is 0.332. The molecule has 0 aromatic heterocycles. The molecular formula is C16H21NO6S. The summed E-state index contributed by atoms with van der Waals surface area (Å²) in [5, 5.41) is 8.41. The van der Waals surface area contributed by atoms with Crippen molar-refractivity contribution in [2.24, 2.45) is 5.92 Å². The van der Waals surface area contributed by atoms with Crippen LogP contribution in [0.3, 0.4) is 0 Å².